The number of methoxy groups -OCH3 is 1. The van der Waals surface area contributed by atoms with Crippen LogP contribution in [0.3, 0.4) is 0 Å². The van der Waals surface area contributed by atoms with E-state index in [-0.39, 0.29) is 12.0 Å². The van der Waals surface area contributed by atoms with Crippen LogP contribution in [0, 0.1) is 20.8 Å². The highest BCUT2D eigenvalue weighted by Gasteiger charge is 2.26. The van der Waals surface area contributed by atoms with Gasteiger partial charge in [-0.25, -0.2) is 4.79 Å². The molecule has 0 atom stereocenters. The molecule has 2 amide bonds. The van der Waals surface area contributed by atoms with Gasteiger partial charge in [-0.15, -0.1) is 0 Å². The molecule has 0 bridgehead atoms. The van der Waals surface area contributed by atoms with Crippen molar-refractivity contribution in [3.63, 3.8) is 0 Å². The summed E-state index contributed by atoms with van der Waals surface area (Å²) >= 11 is 0. The average Bonchev–Trinajstić information content (AvgIpc) is 2.45. The first-order valence-corrected chi connectivity index (χ1v) is 7.14. The molecule has 0 aromatic heterocycles. The van der Waals surface area contributed by atoms with Crippen molar-refractivity contribution in [2.75, 3.05) is 33.3 Å². The van der Waals surface area contributed by atoms with Crippen LogP contribution >= 0.6 is 0 Å². The summed E-state index contributed by atoms with van der Waals surface area (Å²) in [4.78, 5) is 27.6. The second-order valence-electron chi connectivity index (χ2n) is 5.52. The second kappa shape index (κ2) is 6.16. The number of carbonyl (C=O) groups excluding carboxylic acids is 2. The lowest BCUT2D eigenvalue weighted by atomic mass is 9.98. The molecule has 1 aromatic rings. The Morgan fingerprint density at radius 1 is 0.952 bits per heavy atom. The Hall–Kier alpha value is -2.04. The molecule has 0 radical (unpaired) electrons. The van der Waals surface area contributed by atoms with Gasteiger partial charge >= 0.3 is 6.09 Å². The third-order valence-corrected chi connectivity index (χ3v) is 3.89. The van der Waals surface area contributed by atoms with E-state index in [0.29, 0.717) is 26.2 Å². The van der Waals surface area contributed by atoms with E-state index in [0.717, 1.165) is 22.3 Å². The maximum Gasteiger partial charge on any atom is 0.409 e. The number of nitrogens with zero attached hydrogens (tertiary/aromatic N) is 2. The topological polar surface area (TPSA) is 49.9 Å². The number of hydrogen-bond donors (Lipinski definition) is 0. The SMILES string of the molecule is COC(=O)N1CCN(C(=O)c2c(C)cc(C)cc2C)CC1. The molecule has 2 rings (SSSR count). The van der Waals surface area contributed by atoms with Gasteiger partial charge in [0.2, 0.25) is 0 Å². The first-order valence-electron chi connectivity index (χ1n) is 7.14. The van der Waals surface area contributed by atoms with E-state index < -0.39 is 0 Å². The van der Waals surface area contributed by atoms with Gasteiger partial charge in [0, 0.05) is 31.7 Å². The van der Waals surface area contributed by atoms with Gasteiger partial charge in [0.25, 0.3) is 5.91 Å². The first-order chi connectivity index (χ1) is 9.93. The maximum absolute atomic E-state index is 12.7. The van der Waals surface area contributed by atoms with Crippen LogP contribution in [0.25, 0.3) is 0 Å². The predicted octanol–water partition coefficient (Wildman–Crippen LogP) is 2.14. The van der Waals surface area contributed by atoms with Crippen LogP contribution in [0.5, 0.6) is 0 Å². The maximum atomic E-state index is 12.7. The first kappa shape index (κ1) is 15.4. The van der Waals surface area contributed by atoms with E-state index in [9.17, 15) is 9.59 Å². The molecule has 1 heterocycles. The van der Waals surface area contributed by atoms with Crippen molar-refractivity contribution in [2.24, 2.45) is 0 Å². The van der Waals surface area contributed by atoms with Gasteiger partial charge < -0.3 is 14.5 Å². The minimum Gasteiger partial charge on any atom is -0.453 e. The number of ether oxygens (including phenoxy) is 1. The Morgan fingerprint density at radius 2 is 1.43 bits per heavy atom. The smallest absolute Gasteiger partial charge is 0.409 e. The van der Waals surface area contributed by atoms with Gasteiger partial charge in [-0.05, 0) is 31.9 Å². The van der Waals surface area contributed by atoms with Crippen LogP contribution in [-0.2, 0) is 4.74 Å². The molecule has 5 nitrogen and oxygen atoms in total. The Labute approximate surface area is 125 Å². The number of piperazine rings is 1. The summed E-state index contributed by atoms with van der Waals surface area (Å²) in [5, 5.41) is 0. The zero-order valence-corrected chi connectivity index (χ0v) is 13.1. The van der Waals surface area contributed by atoms with Crippen molar-refractivity contribution in [2.45, 2.75) is 20.8 Å². The van der Waals surface area contributed by atoms with Gasteiger partial charge in [-0.1, -0.05) is 17.7 Å². The molecule has 1 fully saturated rings. The lowest BCUT2D eigenvalue weighted by Gasteiger charge is -2.34. The summed E-state index contributed by atoms with van der Waals surface area (Å²) in [6.45, 7) is 8.09. The van der Waals surface area contributed by atoms with Crippen molar-refractivity contribution in [1.82, 2.24) is 9.80 Å². The van der Waals surface area contributed by atoms with Crippen LogP contribution < -0.4 is 0 Å². The molecule has 0 N–H and O–H groups in total. The highest BCUT2D eigenvalue weighted by Crippen LogP contribution is 2.19. The van der Waals surface area contributed by atoms with E-state index in [1.54, 1.807) is 4.90 Å². The predicted molar refractivity (Wildman–Crippen MR) is 80.5 cm³/mol. The fourth-order valence-corrected chi connectivity index (χ4v) is 2.90. The minimum atomic E-state index is -0.329. The number of amides is 2. The molecule has 0 saturated carbocycles. The number of carbonyl (C=O) groups is 2. The molecule has 21 heavy (non-hydrogen) atoms. The molecular weight excluding hydrogens is 268 g/mol. The van der Waals surface area contributed by atoms with Crippen molar-refractivity contribution < 1.29 is 14.3 Å². The zero-order chi connectivity index (χ0) is 15.6. The molecule has 1 saturated heterocycles. The third kappa shape index (κ3) is 3.17. The summed E-state index contributed by atoms with van der Waals surface area (Å²) in [5.74, 6) is 0.0505. The van der Waals surface area contributed by atoms with E-state index in [2.05, 4.69) is 0 Å². The van der Waals surface area contributed by atoms with Gasteiger partial charge in [0.1, 0.15) is 0 Å². The van der Waals surface area contributed by atoms with Crippen molar-refractivity contribution >= 4 is 12.0 Å². The van der Waals surface area contributed by atoms with Gasteiger partial charge in [0.05, 0.1) is 7.11 Å². The lowest BCUT2D eigenvalue weighted by Crippen LogP contribution is -2.50. The van der Waals surface area contributed by atoms with Crippen molar-refractivity contribution in [1.29, 1.82) is 0 Å². The second-order valence-corrected chi connectivity index (χ2v) is 5.52. The van der Waals surface area contributed by atoms with Gasteiger partial charge in [-0.3, -0.25) is 4.79 Å². The average molecular weight is 290 g/mol. The standard InChI is InChI=1S/C16H22N2O3/c1-11-9-12(2)14(13(3)10-11)15(19)17-5-7-18(8-6-17)16(20)21-4/h9-10H,5-8H2,1-4H3. The molecule has 0 aliphatic carbocycles. The van der Waals surface area contributed by atoms with Crippen molar-refractivity contribution in [3.05, 3.63) is 34.4 Å². The summed E-state index contributed by atoms with van der Waals surface area (Å²) in [6, 6.07) is 4.07. The number of rotatable bonds is 1. The molecule has 114 valence electrons. The summed E-state index contributed by atoms with van der Waals surface area (Å²) in [7, 11) is 1.37. The number of hydrogen-bond acceptors (Lipinski definition) is 3. The molecule has 1 aromatic carbocycles. The number of benzene rings is 1. The van der Waals surface area contributed by atoms with Gasteiger partial charge in [0.15, 0.2) is 0 Å². The molecule has 1 aliphatic rings. The Balaban J connectivity index is 2.11. The van der Waals surface area contributed by atoms with Gasteiger partial charge in [-0.2, -0.15) is 0 Å². The minimum absolute atomic E-state index is 0.0505. The van der Waals surface area contributed by atoms with E-state index in [1.165, 1.54) is 7.11 Å². The number of aryl methyl sites for hydroxylation is 3. The highest BCUT2D eigenvalue weighted by molar-refractivity contribution is 5.97. The Morgan fingerprint density at radius 3 is 1.90 bits per heavy atom. The molecule has 0 unspecified atom stereocenters. The highest BCUT2D eigenvalue weighted by atomic mass is 16.5. The normalized spacial score (nSPS) is 15.0. The van der Waals surface area contributed by atoms with E-state index >= 15 is 0 Å². The van der Waals surface area contributed by atoms with Crippen LogP contribution in [-0.4, -0.2) is 55.1 Å². The zero-order valence-electron chi connectivity index (χ0n) is 13.1. The molecule has 5 heteroatoms. The monoisotopic (exact) mass is 290 g/mol. The van der Waals surface area contributed by atoms with Crippen molar-refractivity contribution in [3.8, 4) is 0 Å². The van der Waals surface area contributed by atoms with E-state index in [1.807, 2.05) is 37.8 Å². The third-order valence-electron chi connectivity index (χ3n) is 3.89. The van der Waals surface area contributed by atoms with Crippen LogP contribution in [0.1, 0.15) is 27.0 Å². The van der Waals surface area contributed by atoms with Crippen LogP contribution in [0.4, 0.5) is 4.79 Å². The summed E-state index contributed by atoms with van der Waals surface area (Å²) < 4.78 is 4.70. The summed E-state index contributed by atoms with van der Waals surface area (Å²) in [6.07, 6.45) is -0.329. The van der Waals surface area contributed by atoms with Crippen LogP contribution in [0.15, 0.2) is 12.1 Å². The quantitative estimate of drug-likeness (QED) is 0.796. The Bertz CT molecular complexity index is 538. The molecule has 1 aliphatic heterocycles. The fraction of sp³-hybridized carbons (Fsp3) is 0.500. The van der Waals surface area contributed by atoms with E-state index in [4.69, 9.17) is 4.74 Å². The molecule has 0 spiro atoms. The van der Waals surface area contributed by atoms with Crippen LogP contribution in [0.2, 0.25) is 0 Å². The largest absolute Gasteiger partial charge is 0.453 e. The lowest BCUT2D eigenvalue weighted by molar-refractivity contribution is 0.0598. The summed E-state index contributed by atoms with van der Waals surface area (Å²) in [5.41, 5.74) is 3.96. The fourth-order valence-electron chi connectivity index (χ4n) is 2.90. The Kier molecular flexibility index (Phi) is 4.50. The molecular formula is C16H22N2O3.